The average Bonchev–Trinajstić information content (AvgIpc) is 2.04. The summed E-state index contributed by atoms with van der Waals surface area (Å²) in [6, 6.07) is 6.43. The summed E-state index contributed by atoms with van der Waals surface area (Å²) in [6.07, 6.45) is 1.15. The third kappa shape index (κ3) is 2.80. The molecule has 0 amide bonds. The van der Waals surface area contributed by atoms with Crippen LogP contribution in [0.2, 0.25) is 0 Å². The van der Waals surface area contributed by atoms with Crippen molar-refractivity contribution in [2.75, 3.05) is 6.26 Å². The lowest BCUT2D eigenvalue weighted by atomic mass is 10.2. The molecule has 0 spiro atoms. The molecule has 0 aliphatic heterocycles. The van der Waals surface area contributed by atoms with Gasteiger partial charge in [0.2, 0.25) is 0 Å². The van der Waals surface area contributed by atoms with Gasteiger partial charge >= 0.3 is 0 Å². The number of hydrogen-bond acceptors (Lipinski definition) is 4. The zero-order chi connectivity index (χ0) is 9.90. The van der Waals surface area contributed by atoms with Gasteiger partial charge in [-0.05, 0) is 17.7 Å². The predicted octanol–water partition coefficient (Wildman–Crippen LogP) is 0.569. The summed E-state index contributed by atoms with van der Waals surface area (Å²) in [6.45, 7) is 0.239. The standard InChI is InChI=1S/C8H11NO3S/c1-13(11,12)8-4-2-3-7(5-8)6-9-10/h2-5,9-10H,6H2,1H3. The quantitative estimate of drug-likeness (QED) is 0.702. The number of hydrogen-bond donors (Lipinski definition) is 2. The van der Waals surface area contributed by atoms with Gasteiger partial charge in [0.25, 0.3) is 0 Å². The zero-order valence-corrected chi connectivity index (χ0v) is 8.00. The van der Waals surface area contributed by atoms with Crippen LogP contribution in [0.25, 0.3) is 0 Å². The fourth-order valence-electron chi connectivity index (χ4n) is 0.977. The molecule has 0 aliphatic rings. The normalized spacial score (nSPS) is 11.5. The van der Waals surface area contributed by atoms with Crippen LogP contribution in [0.15, 0.2) is 29.2 Å². The Morgan fingerprint density at radius 1 is 1.46 bits per heavy atom. The van der Waals surface area contributed by atoms with Gasteiger partial charge in [0.1, 0.15) is 0 Å². The summed E-state index contributed by atoms with van der Waals surface area (Å²) >= 11 is 0. The van der Waals surface area contributed by atoms with Crippen LogP contribution < -0.4 is 5.48 Å². The summed E-state index contributed by atoms with van der Waals surface area (Å²) in [5, 5.41) is 8.41. The van der Waals surface area contributed by atoms with Gasteiger partial charge < -0.3 is 5.21 Å². The van der Waals surface area contributed by atoms with Crippen LogP contribution in [0.3, 0.4) is 0 Å². The van der Waals surface area contributed by atoms with Crippen molar-refractivity contribution in [3.05, 3.63) is 29.8 Å². The lowest BCUT2D eigenvalue weighted by Crippen LogP contribution is -2.07. The number of hydroxylamine groups is 1. The first-order valence-corrected chi connectivity index (χ1v) is 5.59. The molecule has 1 aromatic rings. The summed E-state index contributed by atoms with van der Waals surface area (Å²) < 4.78 is 22.2. The number of nitrogens with one attached hydrogen (secondary N) is 1. The Labute approximate surface area is 77.1 Å². The van der Waals surface area contributed by atoms with E-state index in [-0.39, 0.29) is 11.4 Å². The number of rotatable bonds is 3. The highest BCUT2D eigenvalue weighted by Gasteiger charge is 2.06. The first-order valence-electron chi connectivity index (χ1n) is 3.70. The maximum Gasteiger partial charge on any atom is 0.175 e. The molecule has 0 unspecified atom stereocenters. The second-order valence-electron chi connectivity index (χ2n) is 2.75. The van der Waals surface area contributed by atoms with Crippen LogP contribution in [-0.2, 0) is 16.4 Å². The van der Waals surface area contributed by atoms with Crippen molar-refractivity contribution in [3.63, 3.8) is 0 Å². The van der Waals surface area contributed by atoms with E-state index in [1.807, 2.05) is 5.48 Å². The van der Waals surface area contributed by atoms with Crippen molar-refractivity contribution in [2.45, 2.75) is 11.4 Å². The Hall–Kier alpha value is -0.910. The lowest BCUT2D eigenvalue weighted by Gasteiger charge is -2.01. The zero-order valence-electron chi connectivity index (χ0n) is 7.19. The van der Waals surface area contributed by atoms with E-state index in [9.17, 15) is 8.42 Å². The fourth-order valence-corrected chi connectivity index (χ4v) is 1.67. The van der Waals surface area contributed by atoms with E-state index >= 15 is 0 Å². The molecule has 0 bridgehead atoms. The maximum absolute atomic E-state index is 11.1. The Kier molecular flexibility index (Phi) is 3.02. The van der Waals surface area contributed by atoms with E-state index in [0.29, 0.717) is 0 Å². The largest absolute Gasteiger partial charge is 0.316 e. The summed E-state index contributed by atoms with van der Waals surface area (Å²) in [4.78, 5) is 0.264. The highest BCUT2D eigenvalue weighted by molar-refractivity contribution is 7.90. The van der Waals surface area contributed by atoms with Gasteiger partial charge in [0.15, 0.2) is 9.84 Å². The third-order valence-corrected chi connectivity index (χ3v) is 2.72. The van der Waals surface area contributed by atoms with Crippen LogP contribution in [-0.4, -0.2) is 19.9 Å². The first kappa shape index (κ1) is 10.2. The van der Waals surface area contributed by atoms with Crippen molar-refractivity contribution < 1.29 is 13.6 Å². The molecule has 4 nitrogen and oxygen atoms in total. The molecule has 0 atom stereocenters. The van der Waals surface area contributed by atoms with E-state index in [2.05, 4.69) is 0 Å². The van der Waals surface area contributed by atoms with Crippen molar-refractivity contribution in [2.24, 2.45) is 0 Å². The molecule has 0 aromatic heterocycles. The highest BCUT2D eigenvalue weighted by Crippen LogP contribution is 2.10. The molecule has 13 heavy (non-hydrogen) atoms. The smallest absolute Gasteiger partial charge is 0.175 e. The van der Waals surface area contributed by atoms with Gasteiger partial charge in [-0.1, -0.05) is 12.1 Å². The molecule has 1 rings (SSSR count). The fraction of sp³-hybridized carbons (Fsp3) is 0.250. The van der Waals surface area contributed by atoms with Crippen LogP contribution in [0, 0.1) is 0 Å². The van der Waals surface area contributed by atoms with Crippen molar-refractivity contribution in [1.82, 2.24) is 5.48 Å². The van der Waals surface area contributed by atoms with Crippen LogP contribution in [0.5, 0.6) is 0 Å². The van der Waals surface area contributed by atoms with Gasteiger partial charge in [-0.3, -0.25) is 0 Å². The third-order valence-electron chi connectivity index (χ3n) is 1.61. The number of benzene rings is 1. The van der Waals surface area contributed by atoms with Crippen LogP contribution in [0.4, 0.5) is 0 Å². The minimum Gasteiger partial charge on any atom is -0.316 e. The van der Waals surface area contributed by atoms with Crippen LogP contribution >= 0.6 is 0 Å². The van der Waals surface area contributed by atoms with Crippen molar-refractivity contribution >= 4 is 9.84 Å². The average molecular weight is 201 g/mol. The second-order valence-corrected chi connectivity index (χ2v) is 4.77. The molecule has 0 saturated heterocycles. The minimum absolute atomic E-state index is 0.239. The molecule has 0 heterocycles. The van der Waals surface area contributed by atoms with E-state index in [1.54, 1.807) is 12.1 Å². The molecular formula is C8H11NO3S. The molecule has 5 heteroatoms. The number of sulfone groups is 1. The highest BCUT2D eigenvalue weighted by atomic mass is 32.2. The van der Waals surface area contributed by atoms with Crippen LogP contribution in [0.1, 0.15) is 5.56 Å². The van der Waals surface area contributed by atoms with Gasteiger partial charge in [0.05, 0.1) is 4.90 Å². The minimum atomic E-state index is -3.15. The molecule has 0 radical (unpaired) electrons. The van der Waals surface area contributed by atoms with Gasteiger partial charge in [0, 0.05) is 12.8 Å². The summed E-state index contributed by atoms with van der Waals surface area (Å²) in [5.74, 6) is 0. The van der Waals surface area contributed by atoms with E-state index in [0.717, 1.165) is 11.8 Å². The van der Waals surface area contributed by atoms with Crippen molar-refractivity contribution in [3.8, 4) is 0 Å². The molecule has 0 fully saturated rings. The van der Waals surface area contributed by atoms with E-state index in [1.165, 1.54) is 12.1 Å². The van der Waals surface area contributed by atoms with Gasteiger partial charge in [-0.25, -0.2) is 13.9 Å². The molecule has 0 aliphatic carbocycles. The lowest BCUT2D eigenvalue weighted by molar-refractivity contribution is 0.161. The summed E-state index contributed by atoms with van der Waals surface area (Å²) in [7, 11) is -3.15. The Morgan fingerprint density at radius 3 is 2.69 bits per heavy atom. The van der Waals surface area contributed by atoms with Gasteiger partial charge in [-0.2, -0.15) is 0 Å². The monoisotopic (exact) mass is 201 g/mol. The molecule has 0 saturated carbocycles. The molecule has 72 valence electrons. The Bertz CT molecular complexity index is 386. The van der Waals surface area contributed by atoms with Gasteiger partial charge in [-0.15, -0.1) is 0 Å². The maximum atomic E-state index is 11.1. The molecule has 2 N–H and O–H groups in total. The Morgan fingerprint density at radius 2 is 2.15 bits per heavy atom. The molecular weight excluding hydrogens is 190 g/mol. The van der Waals surface area contributed by atoms with E-state index < -0.39 is 9.84 Å². The Balaban J connectivity index is 3.06. The van der Waals surface area contributed by atoms with Crippen molar-refractivity contribution in [1.29, 1.82) is 0 Å². The van der Waals surface area contributed by atoms with E-state index in [4.69, 9.17) is 5.21 Å². The summed E-state index contributed by atoms with van der Waals surface area (Å²) in [5.41, 5.74) is 2.70. The SMILES string of the molecule is CS(=O)(=O)c1cccc(CNO)c1. The second kappa shape index (κ2) is 3.87. The first-order chi connectivity index (χ1) is 6.04. The topological polar surface area (TPSA) is 66.4 Å². The molecule has 1 aromatic carbocycles. The predicted molar refractivity (Wildman–Crippen MR) is 48.2 cm³/mol.